The van der Waals surface area contributed by atoms with Crippen LogP contribution in [-0.4, -0.2) is 67.6 Å². The maximum Gasteiger partial charge on any atom is 0.175 e. The molecule has 13 heteroatoms. The van der Waals surface area contributed by atoms with E-state index < -0.39 is 59.1 Å². The van der Waals surface area contributed by atoms with Crippen molar-refractivity contribution in [2.45, 2.75) is 139 Å². The standard InChI is InChI=1S/C28H65N3P2Si8/c1-24-22-25(2)27(26(3)23-24)30(40(34(4,5)6,35(7,8)9)36(10,11)12)28-29-33-31(32-28)41(37(13,14)15,38(16,17)18)39(19,20)21/h22-23H,1-21H3. The van der Waals surface area contributed by atoms with Gasteiger partial charge in [-0.25, -0.2) is 0 Å². The summed E-state index contributed by atoms with van der Waals surface area (Å²) in [5, 5.41) is 0. The molecule has 2 rings (SSSR count). The Morgan fingerprint density at radius 2 is 0.902 bits per heavy atom. The Kier molecular flexibility index (Phi) is 10.7. The van der Waals surface area contributed by atoms with Gasteiger partial charge in [-0.1, -0.05) is 136 Å². The van der Waals surface area contributed by atoms with Gasteiger partial charge in [-0.05, 0) is 31.9 Å². The molecule has 0 spiro atoms. The van der Waals surface area contributed by atoms with Crippen molar-refractivity contribution >= 4 is 87.2 Å². The molecule has 0 saturated heterocycles. The second kappa shape index (κ2) is 11.6. The summed E-state index contributed by atoms with van der Waals surface area (Å²) in [5.41, 5.74) is 7.29. The fourth-order valence-corrected chi connectivity index (χ4v) is 228. The van der Waals surface area contributed by atoms with Crippen molar-refractivity contribution in [3.05, 3.63) is 28.8 Å². The third kappa shape index (κ3) is 6.18. The normalized spacial score (nSPS) is 15.3. The highest BCUT2D eigenvalue weighted by Gasteiger charge is 2.68. The third-order valence-electron chi connectivity index (χ3n) is 9.61. The zero-order valence-electron chi connectivity index (χ0n) is 30.9. The van der Waals surface area contributed by atoms with Crippen LogP contribution in [0.25, 0.3) is 0 Å². The van der Waals surface area contributed by atoms with E-state index in [9.17, 15) is 0 Å². The van der Waals surface area contributed by atoms with Crippen molar-refractivity contribution in [1.29, 1.82) is 0 Å². The number of hydrogen-bond donors (Lipinski definition) is 0. The zero-order valence-corrected chi connectivity index (χ0v) is 40.7. The topological polar surface area (TPSA) is 21.1 Å². The molecule has 0 aliphatic rings. The Labute approximate surface area is 266 Å². The Morgan fingerprint density at radius 1 is 0.561 bits per heavy atom. The van der Waals surface area contributed by atoms with Gasteiger partial charge in [0.2, 0.25) is 0 Å². The maximum atomic E-state index is 5.74. The first-order valence-corrected chi connectivity index (χ1v) is 48.1. The summed E-state index contributed by atoms with van der Waals surface area (Å²) >= 11 is 0. The number of aryl methyl sites for hydroxylation is 3. The summed E-state index contributed by atoms with van der Waals surface area (Å²) in [6, 6.07) is 4.92. The van der Waals surface area contributed by atoms with Crippen LogP contribution in [0.4, 0.5) is 11.2 Å². The minimum absolute atomic E-state index is 1.27. The van der Waals surface area contributed by atoms with Crippen molar-refractivity contribution in [3.63, 3.8) is 0 Å². The van der Waals surface area contributed by atoms with Gasteiger partial charge in [0, 0.05) is 5.69 Å². The van der Waals surface area contributed by atoms with Crippen LogP contribution in [0.5, 0.6) is 0 Å². The van der Waals surface area contributed by atoms with E-state index in [1.54, 1.807) is 5.69 Å². The predicted molar refractivity (Wildman–Crippen MR) is 217 cm³/mol. The van der Waals surface area contributed by atoms with Crippen molar-refractivity contribution in [2.75, 3.05) is 4.57 Å². The molecule has 2 aromatic rings. The van der Waals surface area contributed by atoms with Crippen LogP contribution in [0.3, 0.4) is 0 Å². The zero-order chi connectivity index (χ0) is 32.6. The highest BCUT2D eigenvalue weighted by atomic mass is 31.1. The Balaban J connectivity index is 3.29. The van der Waals surface area contributed by atoms with Crippen LogP contribution in [0.1, 0.15) is 16.7 Å². The Hall–Kier alpha value is 0.825. The smallest absolute Gasteiger partial charge is 0.175 e. The highest BCUT2D eigenvalue weighted by Crippen LogP contribution is 2.52. The number of hydrogen-bond acceptors (Lipinski definition) is 2. The minimum atomic E-state index is -2.01. The quantitative estimate of drug-likeness (QED) is 0.227. The average molecular weight is 730 g/mol. The molecule has 0 radical (unpaired) electrons. The van der Waals surface area contributed by atoms with Gasteiger partial charge >= 0.3 is 0 Å². The van der Waals surface area contributed by atoms with E-state index in [2.05, 4.69) is 159 Å². The monoisotopic (exact) mass is 729 g/mol. The lowest BCUT2D eigenvalue weighted by atomic mass is 10.1. The molecule has 0 fully saturated rings. The van der Waals surface area contributed by atoms with Crippen LogP contribution >= 0.6 is 16.9 Å². The van der Waals surface area contributed by atoms with Crippen LogP contribution in [0, 0.1) is 20.8 Å². The van der Waals surface area contributed by atoms with Gasteiger partial charge < -0.3 is 8.32 Å². The van der Waals surface area contributed by atoms with E-state index in [-0.39, 0.29) is 0 Å². The molecule has 0 N–H and O–H groups in total. The summed E-state index contributed by atoms with van der Waals surface area (Å²) in [7, 11) is -6.65. The highest BCUT2D eigenvalue weighted by molar-refractivity contribution is 7.92. The molecule has 1 aromatic carbocycles. The summed E-state index contributed by atoms with van der Waals surface area (Å²) in [6.07, 6.45) is 0. The van der Waals surface area contributed by atoms with Gasteiger partial charge in [-0.2, -0.15) is 4.75 Å². The lowest BCUT2D eigenvalue weighted by Gasteiger charge is -2.62. The van der Waals surface area contributed by atoms with E-state index in [1.807, 2.05) is 0 Å². The SMILES string of the molecule is Cc1cc(C)c(N(c2npn([Si]([Si](C)(C)C)([Si](C)(C)C)[Si](C)(C)C)p2)[Si]([Si](C)(C)C)([Si](C)(C)C)[Si](C)(C)C)c(C)c1. The lowest BCUT2D eigenvalue weighted by Crippen LogP contribution is -2.89. The second-order valence-corrected chi connectivity index (χ2v) is 101. The first-order valence-electron chi connectivity index (χ1n) is 15.6. The van der Waals surface area contributed by atoms with Crippen LogP contribution < -0.4 is 4.57 Å². The van der Waals surface area contributed by atoms with Gasteiger partial charge in [0.25, 0.3) is 0 Å². The number of rotatable bonds is 10. The van der Waals surface area contributed by atoms with E-state index in [1.165, 1.54) is 39.1 Å². The van der Waals surface area contributed by atoms with Crippen molar-refractivity contribution < 1.29 is 0 Å². The molecule has 0 atom stereocenters. The van der Waals surface area contributed by atoms with Crippen molar-refractivity contribution in [3.8, 4) is 0 Å². The molecule has 0 aliphatic carbocycles. The summed E-state index contributed by atoms with van der Waals surface area (Å²) in [6.45, 7) is 52.6. The molecule has 41 heavy (non-hydrogen) atoms. The maximum absolute atomic E-state index is 5.74. The van der Waals surface area contributed by atoms with Crippen molar-refractivity contribution in [1.82, 2.24) is 8.50 Å². The molecule has 0 bridgehead atoms. The predicted octanol–water partition coefficient (Wildman–Crippen LogP) is 11.3. The van der Waals surface area contributed by atoms with Gasteiger partial charge in [0.05, 0.1) is 53.9 Å². The number of nitrogens with zero attached hydrogens (tertiary/aromatic N) is 3. The van der Waals surface area contributed by atoms with Gasteiger partial charge in [0.1, 0.15) is 22.1 Å². The molecule has 1 heterocycles. The number of aromatic nitrogens is 2. The van der Waals surface area contributed by atoms with Crippen LogP contribution in [0.2, 0.25) is 118 Å². The van der Waals surface area contributed by atoms with Crippen LogP contribution in [0.15, 0.2) is 12.1 Å². The summed E-state index contributed by atoms with van der Waals surface area (Å²) in [4.78, 5) is 0. The molecular formula is C28H65N3P2Si8. The van der Waals surface area contributed by atoms with Gasteiger partial charge in [-0.3, -0.25) is 0 Å². The van der Waals surface area contributed by atoms with Crippen molar-refractivity contribution in [2.24, 2.45) is 0 Å². The van der Waals surface area contributed by atoms with E-state index >= 15 is 0 Å². The molecule has 0 saturated carbocycles. The fraction of sp³-hybridized carbons (Fsp3) is 0.750. The fourth-order valence-electron chi connectivity index (χ4n) is 11.0. The molecule has 0 amide bonds. The summed E-state index contributed by atoms with van der Waals surface area (Å²) in [5.74, 6) is 0. The molecule has 0 unspecified atom stereocenters. The molecular weight excluding hydrogens is 665 g/mol. The second-order valence-electron chi connectivity index (χ2n) is 18.9. The molecule has 1 aromatic heterocycles. The van der Waals surface area contributed by atoms with E-state index in [0.29, 0.717) is 0 Å². The van der Waals surface area contributed by atoms with Gasteiger partial charge in [0.15, 0.2) is 5.55 Å². The van der Waals surface area contributed by atoms with Crippen LogP contribution in [-0.2, 0) is 0 Å². The molecule has 3 nitrogen and oxygen atoms in total. The first kappa shape index (κ1) is 38.0. The van der Waals surface area contributed by atoms with E-state index in [4.69, 9.17) is 4.75 Å². The molecule has 234 valence electrons. The minimum Gasteiger partial charge on any atom is -0.355 e. The van der Waals surface area contributed by atoms with Gasteiger partial charge in [-0.15, -0.1) is 0 Å². The lowest BCUT2D eigenvalue weighted by molar-refractivity contribution is 1.24. The largest absolute Gasteiger partial charge is 0.355 e. The van der Waals surface area contributed by atoms with E-state index in [0.717, 1.165) is 0 Å². The Bertz CT molecular complexity index is 1160. The molecule has 0 aliphatic heterocycles. The average Bonchev–Trinajstić information content (AvgIpc) is 3.08. The first-order chi connectivity index (χ1) is 17.9. The number of benzene rings is 1. The Morgan fingerprint density at radius 3 is 1.20 bits per heavy atom. The number of anilines is 2. The summed E-state index contributed by atoms with van der Waals surface area (Å²) < 4.78 is 12.0. The third-order valence-corrected chi connectivity index (χ3v) is 156.